The van der Waals surface area contributed by atoms with Crippen molar-refractivity contribution < 1.29 is 39.1 Å². The van der Waals surface area contributed by atoms with Crippen molar-refractivity contribution in [3.05, 3.63) is 24.6 Å². The van der Waals surface area contributed by atoms with Gasteiger partial charge in [0.05, 0.1) is 29.8 Å². The fourth-order valence-corrected chi connectivity index (χ4v) is 5.74. The van der Waals surface area contributed by atoms with Crippen molar-refractivity contribution >= 4 is 11.9 Å². The highest BCUT2D eigenvalue weighted by molar-refractivity contribution is 5.87. The monoisotopic (exact) mass is 540 g/mol. The van der Waals surface area contributed by atoms with Crippen LogP contribution in [0.3, 0.4) is 0 Å². The molecule has 218 valence electrons. The molecule has 0 aliphatic carbocycles. The van der Waals surface area contributed by atoms with Crippen molar-refractivity contribution in [2.45, 2.75) is 90.6 Å². The van der Waals surface area contributed by atoms with E-state index in [0.29, 0.717) is 13.0 Å². The molecule has 38 heavy (non-hydrogen) atoms. The van der Waals surface area contributed by atoms with E-state index in [1.807, 2.05) is 20.8 Å². The zero-order chi connectivity index (χ0) is 28.9. The van der Waals surface area contributed by atoms with E-state index in [2.05, 4.69) is 6.58 Å². The molecule has 0 saturated carbocycles. The van der Waals surface area contributed by atoms with Gasteiger partial charge in [-0.25, -0.2) is 0 Å². The Bertz CT molecular complexity index is 862. The van der Waals surface area contributed by atoms with Gasteiger partial charge in [0.2, 0.25) is 5.91 Å². The molecular weight excluding hydrogens is 492 g/mol. The van der Waals surface area contributed by atoms with Gasteiger partial charge in [-0.3, -0.25) is 9.59 Å². The summed E-state index contributed by atoms with van der Waals surface area (Å²) >= 11 is 0. The maximum absolute atomic E-state index is 12.7. The molecule has 10 atom stereocenters. The minimum absolute atomic E-state index is 0.0614. The summed E-state index contributed by atoms with van der Waals surface area (Å²) in [6.45, 7) is 14.7. The van der Waals surface area contributed by atoms with Crippen molar-refractivity contribution in [1.29, 1.82) is 0 Å². The summed E-state index contributed by atoms with van der Waals surface area (Å²) in [5, 5.41) is 33.1. The van der Waals surface area contributed by atoms with Crippen molar-refractivity contribution in [2.24, 2.45) is 23.7 Å². The van der Waals surface area contributed by atoms with Crippen LogP contribution in [0.25, 0.3) is 0 Å². The number of amides is 1. The summed E-state index contributed by atoms with van der Waals surface area (Å²) in [6, 6.07) is -0.131. The van der Waals surface area contributed by atoms with Gasteiger partial charge < -0.3 is 39.3 Å². The number of ether oxygens (including phenoxy) is 3. The van der Waals surface area contributed by atoms with Gasteiger partial charge in [-0.15, -0.1) is 0 Å². The maximum atomic E-state index is 12.7. The third-order valence-corrected chi connectivity index (χ3v) is 7.98. The predicted molar refractivity (Wildman–Crippen MR) is 143 cm³/mol. The third kappa shape index (κ3) is 7.94. The second-order valence-electron chi connectivity index (χ2n) is 11.6. The van der Waals surface area contributed by atoms with Gasteiger partial charge >= 0.3 is 5.97 Å². The molecule has 0 aromatic carbocycles. The van der Waals surface area contributed by atoms with Crippen LogP contribution < -0.4 is 0 Å². The second-order valence-corrected chi connectivity index (χ2v) is 11.6. The highest BCUT2D eigenvalue weighted by Crippen LogP contribution is 2.37. The van der Waals surface area contributed by atoms with E-state index in [1.165, 1.54) is 12.2 Å². The number of cyclic esters (lactones) is 1. The number of hydrogen-bond acceptors (Lipinski definition) is 9. The number of esters is 1. The predicted octanol–water partition coefficient (Wildman–Crippen LogP) is 2.45. The fourth-order valence-electron chi connectivity index (χ4n) is 5.74. The van der Waals surface area contributed by atoms with Crippen LogP contribution in [0.5, 0.6) is 0 Å². The van der Waals surface area contributed by atoms with Crippen LogP contribution >= 0.6 is 0 Å². The molecule has 10 heteroatoms. The Morgan fingerprint density at radius 3 is 2.45 bits per heavy atom. The molecule has 2 rings (SSSR count). The lowest BCUT2D eigenvalue weighted by Crippen LogP contribution is -2.57. The van der Waals surface area contributed by atoms with Crippen molar-refractivity contribution in [1.82, 2.24) is 9.80 Å². The van der Waals surface area contributed by atoms with Crippen LogP contribution in [-0.2, 0) is 23.8 Å². The number of carbonyl (C=O) groups excluding carboxylic acids is 2. The highest BCUT2D eigenvalue weighted by Gasteiger charge is 2.47. The number of hydrogen-bond donors (Lipinski definition) is 3. The number of aliphatic hydroxyl groups excluding tert-OH is 2. The quantitative estimate of drug-likeness (QED) is 0.364. The molecule has 0 aromatic rings. The Hall–Kier alpha value is -2.14. The highest BCUT2D eigenvalue weighted by atomic mass is 16.7. The van der Waals surface area contributed by atoms with Crippen LogP contribution in [0.4, 0.5) is 0 Å². The van der Waals surface area contributed by atoms with Gasteiger partial charge in [-0.2, -0.15) is 0 Å². The Kier molecular flexibility index (Phi) is 11.2. The molecule has 1 saturated heterocycles. The number of rotatable bonds is 4. The lowest BCUT2D eigenvalue weighted by molar-refractivity contribution is -0.285. The molecule has 2 aliphatic rings. The Labute approximate surface area is 227 Å². The van der Waals surface area contributed by atoms with E-state index < -0.39 is 41.9 Å². The van der Waals surface area contributed by atoms with E-state index in [9.17, 15) is 24.9 Å². The average molecular weight is 541 g/mol. The van der Waals surface area contributed by atoms with Gasteiger partial charge in [0.15, 0.2) is 12.2 Å². The molecule has 0 unspecified atom stereocenters. The van der Waals surface area contributed by atoms with Gasteiger partial charge in [-0.1, -0.05) is 20.8 Å². The van der Waals surface area contributed by atoms with Gasteiger partial charge in [0, 0.05) is 44.6 Å². The minimum Gasteiger partial charge on any atom is -0.495 e. The summed E-state index contributed by atoms with van der Waals surface area (Å²) in [6.07, 6.45) is 0.668. The normalized spacial score (nSPS) is 41.0. The molecule has 0 bridgehead atoms. The summed E-state index contributed by atoms with van der Waals surface area (Å²) in [7, 11) is 3.43. The maximum Gasteiger partial charge on any atom is 0.311 e. The first-order chi connectivity index (χ1) is 17.6. The average Bonchev–Trinajstić information content (AvgIpc) is 2.83. The molecule has 10 nitrogen and oxygen atoms in total. The zero-order valence-corrected chi connectivity index (χ0v) is 24.2. The lowest BCUT2D eigenvalue weighted by Gasteiger charge is -2.47. The van der Waals surface area contributed by atoms with Gasteiger partial charge in [0.1, 0.15) is 6.61 Å². The van der Waals surface area contributed by atoms with E-state index in [1.54, 1.807) is 44.7 Å². The van der Waals surface area contributed by atoms with Crippen molar-refractivity contribution in [3.63, 3.8) is 0 Å². The Morgan fingerprint density at radius 2 is 1.84 bits per heavy atom. The van der Waals surface area contributed by atoms with E-state index in [4.69, 9.17) is 14.2 Å². The number of likely N-dealkylation sites (N-methyl/N-ethyl adjacent to an activating group) is 1. The van der Waals surface area contributed by atoms with Crippen molar-refractivity contribution in [3.8, 4) is 0 Å². The van der Waals surface area contributed by atoms with E-state index >= 15 is 0 Å². The lowest BCUT2D eigenvalue weighted by atomic mass is 9.78. The summed E-state index contributed by atoms with van der Waals surface area (Å²) < 4.78 is 17.9. The standard InChI is InChI=1S/C28H48N2O8/c1-16-14-28(7,35)25(38-27-18(3)22(13-17(2)37-27)30(9)21(6)31)19(4)24(33)20(5)26(34)36-12-10-11-23(32)29(8)15-16/h10-11,16-20,22,24-25,27,31,33,35H,6,12-15H2,1-5,7-9H3/b11-10+/t16-,17-,18-,19+,20-,22+,24+,25-,27+,28-/m1/s1. The minimum atomic E-state index is -1.45. The molecule has 1 fully saturated rings. The molecule has 2 aliphatic heterocycles. The second kappa shape index (κ2) is 13.3. The van der Waals surface area contributed by atoms with Crippen molar-refractivity contribution in [2.75, 3.05) is 27.2 Å². The van der Waals surface area contributed by atoms with Crippen LogP contribution in [-0.4, -0.2) is 100 Å². The van der Waals surface area contributed by atoms with Gasteiger partial charge in [0.25, 0.3) is 0 Å². The number of carbonyl (C=O) groups is 2. The Morgan fingerprint density at radius 1 is 1.21 bits per heavy atom. The molecule has 3 N–H and O–H groups in total. The smallest absolute Gasteiger partial charge is 0.311 e. The molecule has 0 radical (unpaired) electrons. The number of aliphatic hydroxyl groups is 3. The van der Waals surface area contributed by atoms with Crippen LogP contribution in [0, 0.1) is 23.7 Å². The van der Waals surface area contributed by atoms with Gasteiger partial charge in [-0.05, 0) is 52.2 Å². The first-order valence-corrected chi connectivity index (χ1v) is 13.5. The SMILES string of the molecule is C=C(O)N(C)[C@H]1C[C@@H](C)O[C@@H](O[C@@H]2[C@@H](C)[C@H](O)[C@@H](C)C(=O)OC/C=C/C(=O)N(C)C[C@H](C)C[C@@]2(C)O)[C@@H]1C. The van der Waals surface area contributed by atoms with Crippen LogP contribution in [0.2, 0.25) is 0 Å². The third-order valence-electron chi connectivity index (χ3n) is 7.98. The fraction of sp³-hybridized carbons (Fsp3) is 0.786. The van der Waals surface area contributed by atoms with Crippen LogP contribution in [0.15, 0.2) is 24.6 Å². The largest absolute Gasteiger partial charge is 0.495 e. The molecule has 0 spiro atoms. The molecule has 0 aromatic heterocycles. The van der Waals surface area contributed by atoms with E-state index in [0.717, 1.165) is 0 Å². The summed E-state index contributed by atoms with van der Waals surface area (Å²) in [4.78, 5) is 28.4. The van der Waals surface area contributed by atoms with Crippen LogP contribution in [0.1, 0.15) is 54.4 Å². The molecule has 2 heterocycles. The summed E-state index contributed by atoms with van der Waals surface area (Å²) in [5.74, 6) is -2.83. The van der Waals surface area contributed by atoms with E-state index in [-0.39, 0.29) is 48.8 Å². The first-order valence-electron chi connectivity index (χ1n) is 13.5. The molecular formula is C28H48N2O8. The number of nitrogens with zero attached hydrogens (tertiary/aromatic N) is 2. The summed E-state index contributed by atoms with van der Waals surface area (Å²) in [5.41, 5.74) is -1.45. The zero-order valence-electron chi connectivity index (χ0n) is 24.2. The topological polar surface area (TPSA) is 129 Å². The first kappa shape index (κ1) is 32.1. The molecule has 1 amide bonds. The Balaban J connectivity index is 2.43.